The molecule has 0 saturated carbocycles. The van der Waals surface area contributed by atoms with Crippen LogP contribution >= 0.6 is 22.9 Å². The summed E-state index contributed by atoms with van der Waals surface area (Å²) in [6.07, 6.45) is 2.77. The molecule has 1 saturated heterocycles. The molecule has 1 N–H and O–H groups in total. The van der Waals surface area contributed by atoms with Crippen LogP contribution in [0, 0.1) is 12.8 Å². The number of aryl methyl sites for hydroxylation is 1. The van der Waals surface area contributed by atoms with Crippen LogP contribution in [0.3, 0.4) is 0 Å². The molecule has 0 spiro atoms. The number of para-hydroxylation sites is 1. The first-order valence-electron chi connectivity index (χ1n) is 9.37. The van der Waals surface area contributed by atoms with Crippen molar-refractivity contribution in [2.24, 2.45) is 5.92 Å². The van der Waals surface area contributed by atoms with Crippen LogP contribution in [0.1, 0.15) is 36.8 Å². The number of hydrogen-bond acceptors (Lipinski definition) is 5. The maximum Gasteiger partial charge on any atom is 0.229 e. The minimum absolute atomic E-state index is 0.103. The molecular weight excluding hydrogens is 382 g/mol. The summed E-state index contributed by atoms with van der Waals surface area (Å²) in [4.78, 5) is 20.4. The SMILES string of the molecule is Cc1nc(NC(=O)CCOc2ccccc2Cl)sc1CN1CCC(C)CC1. The molecule has 0 aliphatic carbocycles. The molecule has 7 heteroatoms. The van der Waals surface area contributed by atoms with E-state index in [1.807, 2.05) is 19.1 Å². The van der Waals surface area contributed by atoms with Gasteiger partial charge in [-0.25, -0.2) is 4.98 Å². The number of rotatable bonds is 7. The third kappa shape index (κ3) is 5.92. The molecule has 1 fully saturated rings. The number of anilines is 1. The van der Waals surface area contributed by atoms with Crippen LogP contribution < -0.4 is 10.1 Å². The predicted molar refractivity (Wildman–Crippen MR) is 111 cm³/mol. The summed E-state index contributed by atoms with van der Waals surface area (Å²) >= 11 is 7.61. The van der Waals surface area contributed by atoms with E-state index < -0.39 is 0 Å². The average molecular weight is 408 g/mol. The first-order valence-corrected chi connectivity index (χ1v) is 10.6. The number of hydrogen-bond donors (Lipinski definition) is 1. The van der Waals surface area contributed by atoms with E-state index in [-0.39, 0.29) is 18.9 Å². The number of carbonyl (C=O) groups is 1. The normalized spacial score (nSPS) is 15.7. The van der Waals surface area contributed by atoms with Crippen LogP contribution in [0.4, 0.5) is 5.13 Å². The lowest BCUT2D eigenvalue weighted by Crippen LogP contribution is -2.32. The number of amides is 1. The van der Waals surface area contributed by atoms with Gasteiger partial charge in [-0.05, 0) is 50.9 Å². The fraction of sp³-hybridized carbons (Fsp3) is 0.500. The Labute approximate surface area is 169 Å². The third-order valence-electron chi connectivity index (χ3n) is 4.81. The van der Waals surface area contributed by atoms with Gasteiger partial charge in [-0.15, -0.1) is 11.3 Å². The number of piperidine rings is 1. The van der Waals surface area contributed by atoms with Crippen molar-refractivity contribution in [1.82, 2.24) is 9.88 Å². The van der Waals surface area contributed by atoms with Gasteiger partial charge in [0, 0.05) is 11.4 Å². The average Bonchev–Trinajstić information content (AvgIpc) is 2.97. The quantitative estimate of drug-likeness (QED) is 0.719. The van der Waals surface area contributed by atoms with Gasteiger partial charge in [0.2, 0.25) is 5.91 Å². The lowest BCUT2D eigenvalue weighted by Gasteiger charge is -2.29. The van der Waals surface area contributed by atoms with Crippen LogP contribution in [-0.2, 0) is 11.3 Å². The van der Waals surface area contributed by atoms with Crippen molar-refractivity contribution in [1.29, 1.82) is 0 Å². The molecule has 0 radical (unpaired) electrons. The zero-order valence-electron chi connectivity index (χ0n) is 15.8. The van der Waals surface area contributed by atoms with Gasteiger partial charge in [-0.1, -0.05) is 30.7 Å². The largest absolute Gasteiger partial charge is 0.491 e. The highest BCUT2D eigenvalue weighted by Gasteiger charge is 2.18. The van der Waals surface area contributed by atoms with E-state index in [4.69, 9.17) is 16.3 Å². The topological polar surface area (TPSA) is 54.5 Å². The van der Waals surface area contributed by atoms with Crippen molar-refractivity contribution in [3.05, 3.63) is 39.9 Å². The molecule has 0 bridgehead atoms. The number of carbonyl (C=O) groups excluding carboxylic acids is 1. The second-order valence-corrected chi connectivity index (χ2v) is 8.55. The molecule has 27 heavy (non-hydrogen) atoms. The van der Waals surface area contributed by atoms with Gasteiger partial charge in [-0.3, -0.25) is 9.69 Å². The van der Waals surface area contributed by atoms with Crippen molar-refractivity contribution >= 4 is 34.0 Å². The zero-order valence-corrected chi connectivity index (χ0v) is 17.4. The van der Waals surface area contributed by atoms with Crippen molar-refractivity contribution < 1.29 is 9.53 Å². The number of nitrogens with one attached hydrogen (secondary N) is 1. The fourth-order valence-electron chi connectivity index (χ4n) is 3.05. The molecule has 0 atom stereocenters. The minimum Gasteiger partial charge on any atom is -0.491 e. The first-order chi connectivity index (χ1) is 13.0. The Balaban J connectivity index is 1.46. The second-order valence-electron chi connectivity index (χ2n) is 7.06. The standard InChI is InChI=1S/C20H26ClN3O2S/c1-14-7-10-24(11-8-14)13-18-15(2)22-20(27-18)23-19(25)9-12-26-17-6-4-3-5-16(17)21/h3-6,14H,7-13H2,1-2H3,(H,22,23,25). The molecule has 146 valence electrons. The van der Waals surface area contributed by atoms with E-state index in [9.17, 15) is 4.79 Å². The Morgan fingerprint density at radius 3 is 2.85 bits per heavy atom. The smallest absolute Gasteiger partial charge is 0.229 e. The summed E-state index contributed by atoms with van der Waals surface area (Å²) in [5.74, 6) is 1.32. The molecule has 0 unspecified atom stereocenters. The summed E-state index contributed by atoms with van der Waals surface area (Å²) in [7, 11) is 0. The molecule has 1 aromatic carbocycles. The highest BCUT2D eigenvalue weighted by molar-refractivity contribution is 7.15. The van der Waals surface area contributed by atoms with E-state index in [0.29, 0.717) is 15.9 Å². The summed E-state index contributed by atoms with van der Waals surface area (Å²) < 4.78 is 5.57. The van der Waals surface area contributed by atoms with Gasteiger partial charge < -0.3 is 10.1 Å². The number of likely N-dealkylation sites (tertiary alicyclic amines) is 1. The Bertz CT molecular complexity index is 772. The van der Waals surface area contributed by atoms with Gasteiger partial charge in [0.05, 0.1) is 23.7 Å². The number of thiazole rings is 1. The third-order valence-corrected chi connectivity index (χ3v) is 6.18. The van der Waals surface area contributed by atoms with E-state index in [2.05, 4.69) is 22.1 Å². The number of nitrogens with zero attached hydrogens (tertiary/aromatic N) is 2. The number of aromatic nitrogens is 1. The van der Waals surface area contributed by atoms with Crippen LogP contribution in [0.5, 0.6) is 5.75 Å². The molecule has 1 amide bonds. The van der Waals surface area contributed by atoms with Crippen LogP contribution in [0.2, 0.25) is 5.02 Å². The van der Waals surface area contributed by atoms with E-state index >= 15 is 0 Å². The van der Waals surface area contributed by atoms with Crippen LogP contribution in [-0.4, -0.2) is 35.5 Å². The first kappa shape index (κ1) is 20.1. The fourth-order valence-corrected chi connectivity index (χ4v) is 4.26. The Morgan fingerprint density at radius 2 is 2.11 bits per heavy atom. The van der Waals surface area contributed by atoms with Gasteiger partial charge in [0.15, 0.2) is 5.13 Å². The molecule has 1 aliphatic heterocycles. The minimum atomic E-state index is -0.103. The zero-order chi connectivity index (χ0) is 19.2. The van der Waals surface area contributed by atoms with Gasteiger partial charge in [0.25, 0.3) is 0 Å². The van der Waals surface area contributed by atoms with Crippen LogP contribution in [0.25, 0.3) is 0 Å². The Morgan fingerprint density at radius 1 is 1.37 bits per heavy atom. The van der Waals surface area contributed by atoms with Gasteiger partial charge in [0.1, 0.15) is 5.75 Å². The van der Waals surface area contributed by atoms with Crippen molar-refractivity contribution in [2.45, 2.75) is 39.7 Å². The van der Waals surface area contributed by atoms with E-state index in [0.717, 1.165) is 31.2 Å². The van der Waals surface area contributed by atoms with Gasteiger partial charge in [-0.2, -0.15) is 0 Å². The summed E-state index contributed by atoms with van der Waals surface area (Å²) in [6, 6.07) is 7.25. The van der Waals surface area contributed by atoms with Crippen molar-refractivity contribution in [3.8, 4) is 5.75 Å². The van der Waals surface area contributed by atoms with E-state index in [1.54, 1.807) is 23.5 Å². The summed E-state index contributed by atoms with van der Waals surface area (Å²) in [5, 5.41) is 4.09. The molecule has 3 rings (SSSR count). The number of benzene rings is 1. The van der Waals surface area contributed by atoms with Crippen LogP contribution in [0.15, 0.2) is 24.3 Å². The predicted octanol–water partition coefficient (Wildman–Crippen LogP) is 4.74. The van der Waals surface area contributed by atoms with E-state index in [1.165, 1.54) is 17.7 Å². The molecule has 5 nitrogen and oxygen atoms in total. The maximum atomic E-state index is 12.2. The van der Waals surface area contributed by atoms with Gasteiger partial charge >= 0.3 is 0 Å². The molecule has 1 aromatic heterocycles. The van der Waals surface area contributed by atoms with Crippen molar-refractivity contribution in [2.75, 3.05) is 25.0 Å². The van der Waals surface area contributed by atoms with Crippen molar-refractivity contribution in [3.63, 3.8) is 0 Å². The molecule has 1 aliphatic rings. The number of halogens is 1. The molecule has 2 aromatic rings. The Kier molecular flexibility index (Phi) is 7.10. The summed E-state index contributed by atoms with van der Waals surface area (Å²) in [6.45, 7) is 7.80. The number of ether oxygens (including phenoxy) is 1. The second kappa shape index (κ2) is 9.53. The lowest BCUT2D eigenvalue weighted by molar-refractivity contribution is -0.116. The maximum absolute atomic E-state index is 12.2. The highest BCUT2D eigenvalue weighted by Crippen LogP contribution is 2.26. The summed E-state index contributed by atoms with van der Waals surface area (Å²) in [5.41, 5.74) is 1.00. The molecule has 2 heterocycles. The monoisotopic (exact) mass is 407 g/mol. The Hall–Kier alpha value is -1.63. The highest BCUT2D eigenvalue weighted by atomic mass is 35.5. The molecular formula is C20H26ClN3O2S. The lowest BCUT2D eigenvalue weighted by atomic mass is 9.99.